The molecular formula is C11H13ClFNO2. The van der Waals surface area contributed by atoms with Crippen molar-refractivity contribution < 1.29 is 13.9 Å². The number of carbonyl (C=O) groups excluding carboxylic acids is 1. The van der Waals surface area contributed by atoms with Crippen LogP contribution < -0.4 is 5.73 Å². The summed E-state index contributed by atoms with van der Waals surface area (Å²) in [5.41, 5.74) is 4.65. The molecule has 0 saturated heterocycles. The van der Waals surface area contributed by atoms with Gasteiger partial charge in [-0.25, -0.2) is 9.18 Å². The first kappa shape index (κ1) is 12.8. The Morgan fingerprint density at radius 1 is 1.44 bits per heavy atom. The van der Waals surface area contributed by atoms with Gasteiger partial charge < -0.3 is 10.5 Å². The molecule has 3 nitrogen and oxygen atoms in total. The largest absolute Gasteiger partial charge is 0.456 e. The molecule has 1 aromatic carbocycles. The molecule has 0 spiro atoms. The van der Waals surface area contributed by atoms with Gasteiger partial charge in [-0.15, -0.1) is 0 Å². The van der Waals surface area contributed by atoms with E-state index in [0.717, 1.165) is 6.07 Å². The molecule has 0 fully saturated rings. The van der Waals surface area contributed by atoms with Gasteiger partial charge >= 0.3 is 5.97 Å². The van der Waals surface area contributed by atoms with Gasteiger partial charge in [0.2, 0.25) is 0 Å². The van der Waals surface area contributed by atoms with Gasteiger partial charge in [-0.1, -0.05) is 11.6 Å². The van der Waals surface area contributed by atoms with Crippen molar-refractivity contribution >= 4 is 23.3 Å². The van der Waals surface area contributed by atoms with Crippen LogP contribution in [0.1, 0.15) is 31.1 Å². The summed E-state index contributed by atoms with van der Waals surface area (Å²) in [5.74, 6) is -1.28. The van der Waals surface area contributed by atoms with Crippen LogP contribution in [0.3, 0.4) is 0 Å². The summed E-state index contributed by atoms with van der Waals surface area (Å²) >= 11 is 5.73. The molecule has 2 N–H and O–H groups in total. The maximum absolute atomic E-state index is 13.0. The summed E-state index contributed by atoms with van der Waals surface area (Å²) in [5, 5.41) is -0.0130. The molecule has 5 heteroatoms. The van der Waals surface area contributed by atoms with Crippen LogP contribution in [0.15, 0.2) is 12.1 Å². The maximum Gasteiger partial charge on any atom is 0.340 e. The van der Waals surface area contributed by atoms with Gasteiger partial charge in [-0.3, -0.25) is 0 Å². The average Bonchev–Trinajstić information content (AvgIpc) is 2.08. The van der Waals surface area contributed by atoms with Crippen LogP contribution >= 0.6 is 11.6 Å². The second-order valence-electron chi connectivity index (χ2n) is 4.36. The number of nitrogen functional groups attached to an aromatic ring is 1. The fraction of sp³-hybridized carbons (Fsp3) is 0.364. The number of anilines is 1. The van der Waals surface area contributed by atoms with E-state index in [1.165, 1.54) is 6.07 Å². The normalized spacial score (nSPS) is 11.3. The molecule has 88 valence electrons. The van der Waals surface area contributed by atoms with Gasteiger partial charge in [-0.05, 0) is 32.9 Å². The summed E-state index contributed by atoms with van der Waals surface area (Å²) in [4.78, 5) is 11.7. The van der Waals surface area contributed by atoms with Crippen LogP contribution in [0.4, 0.5) is 10.1 Å². The van der Waals surface area contributed by atoms with E-state index >= 15 is 0 Å². The van der Waals surface area contributed by atoms with Gasteiger partial charge in [-0.2, -0.15) is 0 Å². The predicted octanol–water partition coefficient (Wildman–Crippen LogP) is 3.02. The van der Waals surface area contributed by atoms with Crippen LogP contribution in [0.2, 0.25) is 5.02 Å². The Labute approximate surface area is 98.3 Å². The smallest absolute Gasteiger partial charge is 0.340 e. The summed E-state index contributed by atoms with van der Waals surface area (Å²) in [6.45, 7) is 5.18. The first-order chi connectivity index (χ1) is 7.20. The van der Waals surface area contributed by atoms with E-state index < -0.39 is 17.4 Å². The van der Waals surface area contributed by atoms with E-state index in [4.69, 9.17) is 22.1 Å². The predicted molar refractivity (Wildman–Crippen MR) is 61.0 cm³/mol. The molecule has 0 amide bonds. The van der Waals surface area contributed by atoms with E-state index in [0.29, 0.717) is 0 Å². The number of hydrogen-bond donors (Lipinski definition) is 1. The van der Waals surface area contributed by atoms with Crippen LogP contribution in [0.5, 0.6) is 0 Å². The van der Waals surface area contributed by atoms with Gasteiger partial charge in [0.1, 0.15) is 11.4 Å². The third-order valence-corrected chi connectivity index (χ3v) is 2.02. The number of rotatable bonds is 1. The third kappa shape index (κ3) is 3.10. The quantitative estimate of drug-likeness (QED) is 0.611. The number of hydrogen-bond acceptors (Lipinski definition) is 3. The van der Waals surface area contributed by atoms with Gasteiger partial charge in [0.05, 0.1) is 16.3 Å². The second kappa shape index (κ2) is 4.29. The van der Waals surface area contributed by atoms with Crippen molar-refractivity contribution in [1.29, 1.82) is 0 Å². The van der Waals surface area contributed by atoms with Crippen LogP contribution in [0.25, 0.3) is 0 Å². The van der Waals surface area contributed by atoms with E-state index in [2.05, 4.69) is 0 Å². The minimum absolute atomic E-state index is 0.0130. The van der Waals surface area contributed by atoms with Crippen molar-refractivity contribution in [2.45, 2.75) is 26.4 Å². The highest BCUT2D eigenvalue weighted by Gasteiger charge is 2.21. The number of ether oxygens (including phenoxy) is 1. The summed E-state index contributed by atoms with van der Waals surface area (Å²) in [6, 6.07) is 2.17. The zero-order valence-corrected chi connectivity index (χ0v) is 10.1. The first-order valence-corrected chi connectivity index (χ1v) is 5.06. The Kier molecular flexibility index (Phi) is 3.43. The molecule has 0 unspecified atom stereocenters. The highest BCUT2D eigenvalue weighted by atomic mass is 35.5. The number of halogens is 2. The lowest BCUT2D eigenvalue weighted by molar-refractivity contribution is 0.00698. The molecule has 0 atom stereocenters. The molecular weight excluding hydrogens is 233 g/mol. The fourth-order valence-corrected chi connectivity index (χ4v) is 1.28. The van der Waals surface area contributed by atoms with Gasteiger partial charge in [0.25, 0.3) is 0 Å². The van der Waals surface area contributed by atoms with Crippen LogP contribution in [-0.4, -0.2) is 11.6 Å². The van der Waals surface area contributed by atoms with Crippen LogP contribution in [-0.2, 0) is 4.74 Å². The fourth-order valence-electron chi connectivity index (χ4n) is 1.06. The van der Waals surface area contributed by atoms with Crippen molar-refractivity contribution in [2.24, 2.45) is 0 Å². The van der Waals surface area contributed by atoms with E-state index in [-0.39, 0.29) is 16.3 Å². The third-order valence-electron chi connectivity index (χ3n) is 1.71. The lowest BCUT2D eigenvalue weighted by Crippen LogP contribution is -2.24. The molecule has 0 saturated carbocycles. The molecule has 16 heavy (non-hydrogen) atoms. The number of carbonyl (C=O) groups is 1. The minimum Gasteiger partial charge on any atom is -0.456 e. The van der Waals surface area contributed by atoms with E-state index in [9.17, 15) is 9.18 Å². The number of nitrogens with two attached hydrogens (primary N) is 1. The Morgan fingerprint density at radius 3 is 2.50 bits per heavy atom. The lowest BCUT2D eigenvalue weighted by Gasteiger charge is -2.20. The SMILES string of the molecule is CC(C)(C)OC(=O)c1cc(N)c(F)cc1Cl. The minimum atomic E-state index is -0.655. The number of benzene rings is 1. The van der Waals surface area contributed by atoms with Crippen molar-refractivity contribution in [3.05, 3.63) is 28.5 Å². The molecule has 0 heterocycles. The van der Waals surface area contributed by atoms with Crippen molar-refractivity contribution in [3.8, 4) is 0 Å². The number of esters is 1. The zero-order valence-electron chi connectivity index (χ0n) is 9.30. The monoisotopic (exact) mass is 245 g/mol. The molecule has 1 rings (SSSR count). The first-order valence-electron chi connectivity index (χ1n) is 4.68. The molecule has 0 aromatic heterocycles. The topological polar surface area (TPSA) is 52.3 Å². The second-order valence-corrected chi connectivity index (χ2v) is 4.76. The average molecular weight is 246 g/mol. The molecule has 0 aliphatic carbocycles. The van der Waals surface area contributed by atoms with Crippen molar-refractivity contribution in [3.63, 3.8) is 0 Å². The Morgan fingerprint density at radius 2 is 2.00 bits per heavy atom. The Hall–Kier alpha value is -1.29. The summed E-state index contributed by atoms with van der Waals surface area (Å²) in [6.07, 6.45) is 0. The van der Waals surface area contributed by atoms with E-state index in [1.54, 1.807) is 20.8 Å². The maximum atomic E-state index is 13.0. The van der Waals surface area contributed by atoms with Crippen molar-refractivity contribution in [2.75, 3.05) is 5.73 Å². The molecule has 0 bridgehead atoms. The highest BCUT2D eigenvalue weighted by Crippen LogP contribution is 2.24. The molecule has 0 radical (unpaired) electrons. The lowest BCUT2D eigenvalue weighted by atomic mass is 10.1. The Bertz CT molecular complexity index is 427. The summed E-state index contributed by atoms with van der Waals surface area (Å²) in [7, 11) is 0. The van der Waals surface area contributed by atoms with Gasteiger partial charge in [0, 0.05) is 0 Å². The zero-order chi connectivity index (χ0) is 12.5. The highest BCUT2D eigenvalue weighted by molar-refractivity contribution is 6.33. The molecule has 1 aromatic rings. The van der Waals surface area contributed by atoms with E-state index in [1.807, 2.05) is 0 Å². The standard InChI is InChI=1S/C11H13ClFNO2/c1-11(2,3)16-10(15)6-4-9(14)8(13)5-7(6)12/h4-5H,14H2,1-3H3. The molecule has 0 aliphatic rings. The molecule has 0 aliphatic heterocycles. The Balaban J connectivity index is 3.05. The summed E-state index contributed by atoms with van der Waals surface area (Å²) < 4.78 is 18.1. The van der Waals surface area contributed by atoms with Gasteiger partial charge in [0.15, 0.2) is 0 Å². The van der Waals surface area contributed by atoms with Crippen molar-refractivity contribution in [1.82, 2.24) is 0 Å². The van der Waals surface area contributed by atoms with Crippen LogP contribution in [0, 0.1) is 5.82 Å².